The van der Waals surface area contributed by atoms with Crippen LogP contribution in [-0.4, -0.2) is 11.8 Å². The molecule has 0 atom stereocenters. The van der Waals surface area contributed by atoms with E-state index in [-0.39, 0.29) is 16.2 Å². The van der Waals surface area contributed by atoms with E-state index in [1.54, 1.807) is 0 Å². The van der Waals surface area contributed by atoms with Crippen LogP contribution in [0.2, 0.25) is 0 Å². The third kappa shape index (κ3) is 6.78. The number of para-hydroxylation sites is 3. The maximum Gasteiger partial charge on any atom is 0.211 e. The van der Waals surface area contributed by atoms with Gasteiger partial charge in [-0.2, -0.15) is 0 Å². The summed E-state index contributed by atoms with van der Waals surface area (Å²) in [5, 5.41) is 10.1. The molecule has 6 heteroatoms. The Labute approximate surface area is 404 Å². The average molecular weight is 902 g/mol. The Balaban J connectivity index is 1.21. The fourth-order valence-corrected chi connectivity index (χ4v) is 11.8. The van der Waals surface area contributed by atoms with Crippen molar-refractivity contribution in [2.75, 3.05) is 10.2 Å². The second-order valence-electron chi connectivity index (χ2n) is 21.9. The van der Waals surface area contributed by atoms with E-state index in [2.05, 4.69) is 241 Å². The molecule has 0 amide bonds. The first kappa shape index (κ1) is 42.3. The van der Waals surface area contributed by atoms with Crippen molar-refractivity contribution in [3.63, 3.8) is 0 Å². The predicted octanol–water partition coefficient (Wildman–Crippen LogP) is 16.4. The van der Waals surface area contributed by atoms with Gasteiger partial charge in [-0.25, -0.2) is 0 Å². The Morgan fingerprint density at radius 1 is 0.544 bits per heavy atom. The van der Waals surface area contributed by atoms with Crippen LogP contribution in [0.3, 0.4) is 0 Å². The number of thiophene rings is 1. The molecule has 0 radical (unpaired) electrons. The Hall–Kier alpha value is -7.02. The largest absolute Gasteiger partial charge is 0.455 e. The number of aromatic nitrogens is 1. The predicted molar refractivity (Wildman–Crippen MR) is 296 cm³/mol. The summed E-state index contributed by atoms with van der Waals surface area (Å²) in [7, 11) is 0.797. The number of benzene rings is 8. The molecule has 0 spiro atoms. The van der Waals surface area contributed by atoms with Crippen molar-refractivity contribution in [3.05, 3.63) is 180 Å². The van der Waals surface area contributed by atoms with Crippen molar-refractivity contribution in [2.24, 2.45) is 0 Å². The summed E-state index contributed by atoms with van der Waals surface area (Å²) >= 11 is 1.95. The highest BCUT2D eigenvalue weighted by molar-refractivity contribution is 7.29. The number of nitrogens with zero attached hydrogens (tertiary/aromatic N) is 2. The number of hydrogen-bond donors (Lipinski definition) is 1. The van der Waals surface area contributed by atoms with Crippen LogP contribution in [-0.2, 0) is 16.2 Å². The number of anilines is 5. The zero-order valence-corrected chi connectivity index (χ0v) is 41.3. The molecule has 0 aliphatic carbocycles. The van der Waals surface area contributed by atoms with Crippen molar-refractivity contribution >= 4 is 111 Å². The van der Waals surface area contributed by atoms with E-state index in [9.17, 15) is 0 Å². The second-order valence-corrected chi connectivity index (χ2v) is 23.0. The molecule has 0 saturated carbocycles. The van der Waals surface area contributed by atoms with Gasteiger partial charge in [0.25, 0.3) is 0 Å². The molecule has 0 saturated heterocycles. The third-order valence-electron chi connectivity index (χ3n) is 14.2. The molecular weight excluding hydrogens is 846 g/mol. The topological polar surface area (TPSA) is 33.3 Å². The van der Waals surface area contributed by atoms with E-state index >= 15 is 0 Å². The molecular formula is C62H56BN3OS. The summed E-state index contributed by atoms with van der Waals surface area (Å²) in [4.78, 5) is 2.35. The molecule has 334 valence electrons. The van der Waals surface area contributed by atoms with E-state index in [0.717, 1.165) is 63.2 Å². The first-order chi connectivity index (χ1) is 32.6. The lowest BCUT2D eigenvalue weighted by Gasteiger charge is -2.28. The minimum absolute atomic E-state index is 0.0120. The molecule has 11 aromatic rings. The monoisotopic (exact) mass is 901 g/mol. The summed E-state index contributed by atoms with van der Waals surface area (Å²) in [6, 6.07) is 60.4. The van der Waals surface area contributed by atoms with Crippen LogP contribution in [0, 0.1) is 0 Å². The molecule has 1 aliphatic rings. The zero-order chi connectivity index (χ0) is 46.9. The Morgan fingerprint density at radius 3 is 1.81 bits per heavy atom. The van der Waals surface area contributed by atoms with Crippen molar-refractivity contribution in [1.82, 2.24) is 4.57 Å². The molecule has 12 rings (SSSR count). The minimum Gasteiger partial charge on any atom is -0.455 e. The van der Waals surface area contributed by atoms with E-state index < -0.39 is 0 Å². The van der Waals surface area contributed by atoms with Gasteiger partial charge in [0, 0.05) is 60.2 Å². The normalized spacial score (nSPS) is 12.9. The summed E-state index contributed by atoms with van der Waals surface area (Å²) < 4.78 is 12.6. The van der Waals surface area contributed by atoms with Crippen molar-refractivity contribution < 1.29 is 4.42 Å². The van der Waals surface area contributed by atoms with Gasteiger partial charge in [-0.05, 0) is 128 Å². The second kappa shape index (κ2) is 15.2. The maximum atomic E-state index is 7.26. The molecule has 8 aromatic carbocycles. The van der Waals surface area contributed by atoms with Crippen LogP contribution in [0.4, 0.5) is 28.4 Å². The Morgan fingerprint density at radius 2 is 1.15 bits per heavy atom. The van der Waals surface area contributed by atoms with Crippen molar-refractivity contribution in [1.29, 1.82) is 0 Å². The van der Waals surface area contributed by atoms with Crippen LogP contribution in [0.5, 0.6) is 0 Å². The molecule has 4 heterocycles. The fourth-order valence-electron chi connectivity index (χ4n) is 10.6. The van der Waals surface area contributed by atoms with Gasteiger partial charge in [0.15, 0.2) is 0 Å². The standard InChI is InChI=1S/C62H56BN3OS/c1-60(2,3)37-24-28-40(29-25-37)64-48-36-43(65(41-18-12-10-13-19-41)42-20-14-11-15-21-42)30-31-44(48)52-53-45-22-16-17-23-50(45)67-58(53)54-46-34-38(61(4,5)6)26-32-49(46)66-56-47-35-39(62(7,8)9)27-33-51(47)68-59(56)63-55(52)57(54)66/h10-36,63-64H,1-9H3. The van der Waals surface area contributed by atoms with Crippen LogP contribution >= 0.6 is 11.3 Å². The third-order valence-corrected chi connectivity index (χ3v) is 15.4. The summed E-state index contributed by atoms with van der Waals surface area (Å²) in [5.41, 5.74) is 18.5. The van der Waals surface area contributed by atoms with Gasteiger partial charge in [-0.3, -0.25) is 0 Å². The van der Waals surface area contributed by atoms with Crippen LogP contribution in [0.15, 0.2) is 168 Å². The lowest BCUT2D eigenvalue weighted by atomic mass is 9.62. The average Bonchev–Trinajstić information content (AvgIpc) is 3.99. The van der Waals surface area contributed by atoms with Gasteiger partial charge < -0.3 is 19.2 Å². The highest BCUT2D eigenvalue weighted by Crippen LogP contribution is 2.50. The van der Waals surface area contributed by atoms with Crippen LogP contribution in [0.25, 0.3) is 70.6 Å². The first-order valence-corrected chi connectivity index (χ1v) is 24.9. The first-order valence-electron chi connectivity index (χ1n) is 24.0. The molecule has 4 nitrogen and oxygen atoms in total. The maximum absolute atomic E-state index is 7.26. The number of hydrogen-bond acceptors (Lipinski definition) is 4. The lowest BCUT2D eigenvalue weighted by molar-refractivity contribution is 0.590. The molecule has 1 N–H and O–H groups in total. The molecule has 0 fully saturated rings. The highest BCUT2D eigenvalue weighted by Gasteiger charge is 2.35. The van der Waals surface area contributed by atoms with Gasteiger partial charge in [-0.15, -0.1) is 11.3 Å². The molecule has 0 bridgehead atoms. The lowest BCUT2D eigenvalue weighted by Crippen LogP contribution is -2.35. The molecule has 68 heavy (non-hydrogen) atoms. The number of rotatable bonds is 6. The van der Waals surface area contributed by atoms with Crippen LogP contribution in [0.1, 0.15) is 79.0 Å². The number of furan rings is 1. The van der Waals surface area contributed by atoms with Gasteiger partial charge in [0.1, 0.15) is 11.2 Å². The number of nitrogens with one attached hydrogen (secondary N) is 1. The van der Waals surface area contributed by atoms with E-state index in [1.807, 2.05) is 11.3 Å². The number of fused-ring (bicyclic) bond motifs is 11. The Bertz CT molecular complexity index is 3740. The fraction of sp³-hybridized carbons (Fsp3) is 0.194. The zero-order valence-electron chi connectivity index (χ0n) is 40.5. The Kier molecular flexibility index (Phi) is 9.50. The van der Waals surface area contributed by atoms with Crippen molar-refractivity contribution in [2.45, 2.75) is 78.6 Å². The van der Waals surface area contributed by atoms with Gasteiger partial charge >= 0.3 is 0 Å². The van der Waals surface area contributed by atoms with E-state index in [4.69, 9.17) is 4.42 Å². The van der Waals surface area contributed by atoms with E-state index in [1.165, 1.54) is 70.1 Å². The quantitative estimate of drug-likeness (QED) is 0.169. The van der Waals surface area contributed by atoms with Crippen molar-refractivity contribution in [3.8, 4) is 16.8 Å². The molecule has 0 unspecified atom stereocenters. The van der Waals surface area contributed by atoms with Gasteiger partial charge in [0.05, 0.1) is 22.1 Å². The molecule has 3 aromatic heterocycles. The van der Waals surface area contributed by atoms with Gasteiger partial charge in [-0.1, -0.05) is 147 Å². The summed E-state index contributed by atoms with van der Waals surface area (Å²) in [5.74, 6) is 0. The minimum atomic E-state index is -0.0405. The smallest absolute Gasteiger partial charge is 0.211 e. The van der Waals surface area contributed by atoms with Gasteiger partial charge in [0.2, 0.25) is 7.28 Å². The molecule has 1 aliphatic heterocycles. The summed E-state index contributed by atoms with van der Waals surface area (Å²) in [6.45, 7) is 20.7. The van der Waals surface area contributed by atoms with Crippen LogP contribution < -0.4 is 20.5 Å². The van der Waals surface area contributed by atoms with E-state index in [0.29, 0.717) is 0 Å². The highest BCUT2D eigenvalue weighted by atomic mass is 32.1. The summed E-state index contributed by atoms with van der Waals surface area (Å²) in [6.07, 6.45) is 0. The SMILES string of the molecule is CC(C)(C)c1ccc(Nc2cc(N(c3ccccc3)c3ccccc3)ccc2-c2c3c4c(c5cc(C(C)(C)C)ccc5n4-c4c(sc5ccc(C(C)(C)C)cc45)B3)c3oc4ccccc4c23)cc1.